The lowest BCUT2D eigenvalue weighted by Gasteiger charge is -2.09. The van der Waals surface area contributed by atoms with Crippen molar-refractivity contribution in [2.45, 2.75) is 6.92 Å². The van der Waals surface area contributed by atoms with Crippen LogP contribution in [0.3, 0.4) is 0 Å². The van der Waals surface area contributed by atoms with Crippen LogP contribution in [0.15, 0.2) is 54.9 Å². The standard InChI is InChI=1S/C18H15F2N5O/c1-11(26)23-12-2-4-13(5-3-12)24-17-9-18(22-10-21-17)25-14-6-7-15(19)16(20)8-14/h2-10H,1H3,(H,23,26)(H2,21,22,24,25). The van der Waals surface area contributed by atoms with Gasteiger partial charge in [-0.05, 0) is 36.4 Å². The topological polar surface area (TPSA) is 78.9 Å². The van der Waals surface area contributed by atoms with Crippen LogP contribution in [-0.4, -0.2) is 15.9 Å². The van der Waals surface area contributed by atoms with E-state index in [0.717, 1.165) is 17.8 Å². The molecule has 3 aromatic rings. The molecule has 132 valence electrons. The largest absolute Gasteiger partial charge is 0.340 e. The predicted octanol–water partition coefficient (Wildman–Crippen LogP) is 4.20. The fourth-order valence-electron chi connectivity index (χ4n) is 2.20. The monoisotopic (exact) mass is 355 g/mol. The summed E-state index contributed by atoms with van der Waals surface area (Å²) in [6.07, 6.45) is 1.34. The molecule has 26 heavy (non-hydrogen) atoms. The Bertz CT molecular complexity index is 931. The first kappa shape index (κ1) is 17.3. The molecule has 0 saturated heterocycles. The number of hydrogen-bond donors (Lipinski definition) is 3. The van der Waals surface area contributed by atoms with E-state index in [9.17, 15) is 13.6 Å². The number of nitrogens with zero attached hydrogens (tertiary/aromatic N) is 2. The molecule has 3 rings (SSSR count). The summed E-state index contributed by atoms with van der Waals surface area (Å²) in [4.78, 5) is 19.2. The lowest BCUT2D eigenvalue weighted by atomic mass is 10.2. The molecule has 0 fully saturated rings. The maximum Gasteiger partial charge on any atom is 0.221 e. The Balaban J connectivity index is 1.70. The van der Waals surface area contributed by atoms with Gasteiger partial charge in [-0.3, -0.25) is 4.79 Å². The molecule has 0 aliphatic carbocycles. The summed E-state index contributed by atoms with van der Waals surface area (Å²) in [7, 11) is 0. The lowest BCUT2D eigenvalue weighted by Crippen LogP contribution is -2.05. The zero-order chi connectivity index (χ0) is 18.5. The molecule has 0 unspecified atom stereocenters. The molecule has 0 aliphatic rings. The first-order chi connectivity index (χ1) is 12.5. The van der Waals surface area contributed by atoms with E-state index in [0.29, 0.717) is 23.0 Å². The van der Waals surface area contributed by atoms with E-state index >= 15 is 0 Å². The maximum absolute atomic E-state index is 13.3. The van der Waals surface area contributed by atoms with Crippen LogP contribution < -0.4 is 16.0 Å². The Morgan fingerprint density at radius 2 is 1.38 bits per heavy atom. The molecule has 6 nitrogen and oxygen atoms in total. The average Bonchev–Trinajstić information content (AvgIpc) is 2.60. The number of aromatic nitrogens is 2. The van der Waals surface area contributed by atoms with Crippen LogP contribution in [0.5, 0.6) is 0 Å². The van der Waals surface area contributed by atoms with Crippen molar-refractivity contribution in [2.24, 2.45) is 0 Å². The van der Waals surface area contributed by atoms with Crippen molar-refractivity contribution in [1.82, 2.24) is 9.97 Å². The number of carbonyl (C=O) groups is 1. The minimum Gasteiger partial charge on any atom is -0.340 e. The minimum atomic E-state index is -0.943. The third-order valence-electron chi connectivity index (χ3n) is 3.34. The van der Waals surface area contributed by atoms with Crippen LogP contribution in [0.2, 0.25) is 0 Å². The first-order valence-corrected chi connectivity index (χ1v) is 7.68. The smallest absolute Gasteiger partial charge is 0.221 e. The normalized spacial score (nSPS) is 10.3. The number of amides is 1. The Kier molecular flexibility index (Phi) is 5.02. The van der Waals surface area contributed by atoms with Gasteiger partial charge < -0.3 is 16.0 Å². The van der Waals surface area contributed by atoms with Crippen molar-refractivity contribution in [3.05, 3.63) is 66.5 Å². The summed E-state index contributed by atoms with van der Waals surface area (Å²) in [5.74, 6) is -1.07. The second-order valence-electron chi connectivity index (χ2n) is 5.43. The number of halogens is 2. The van der Waals surface area contributed by atoms with Gasteiger partial charge in [0.25, 0.3) is 0 Å². The van der Waals surface area contributed by atoms with Crippen molar-refractivity contribution in [1.29, 1.82) is 0 Å². The van der Waals surface area contributed by atoms with Crippen molar-refractivity contribution in [3.8, 4) is 0 Å². The molecule has 1 amide bonds. The second kappa shape index (κ2) is 7.56. The van der Waals surface area contributed by atoms with Crippen LogP contribution in [-0.2, 0) is 4.79 Å². The highest BCUT2D eigenvalue weighted by Gasteiger charge is 2.05. The van der Waals surface area contributed by atoms with E-state index in [1.54, 1.807) is 30.3 Å². The van der Waals surface area contributed by atoms with Gasteiger partial charge >= 0.3 is 0 Å². The fraction of sp³-hybridized carbons (Fsp3) is 0.0556. The highest BCUT2D eigenvalue weighted by Crippen LogP contribution is 2.21. The van der Waals surface area contributed by atoms with Crippen LogP contribution >= 0.6 is 0 Å². The van der Waals surface area contributed by atoms with E-state index < -0.39 is 11.6 Å². The summed E-state index contributed by atoms with van der Waals surface area (Å²) in [5, 5.41) is 8.66. The molecule has 2 aromatic carbocycles. The second-order valence-corrected chi connectivity index (χ2v) is 5.43. The Labute approximate surface area is 148 Å². The van der Waals surface area contributed by atoms with Crippen LogP contribution in [0.4, 0.5) is 37.5 Å². The molecule has 0 saturated carbocycles. The summed E-state index contributed by atoms with van der Waals surface area (Å²) in [6, 6.07) is 12.2. The molecule has 0 bridgehead atoms. The molecular weight excluding hydrogens is 340 g/mol. The summed E-state index contributed by atoms with van der Waals surface area (Å²) in [5.41, 5.74) is 1.82. The molecule has 0 atom stereocenters. The SMILES string of the molecule is CC(=O)Nc1ccc(Nc2cc(Nc3ccc(F)c(F)c3)ncn2)cc1. The van der Waals surface area contributed by atoms with Crippen LogP contribution in [0.1, 0.15) is 6.92 Å². The zero-order valence-corrected chi connectivity index (χ0v) is 13.8. The third-order valence-corrected chi connectivity index (χ3v) is 3.34. The van der Waals surface area contributed by atoms with E-state index in [1.165, 1.54) is 19.3 Å². The summed E-state index contributed by atoms with van der Waals surface area (Å²) in [6.45, 7) is 1.44. The Morgan fingerprint density at radius 3 is 2.00 bits per heavy atom. The van der Waals surface area contributed by atoms with Gasteiger partial charge in [0, 0.05) is 36.1 Å². The molecule has 0 aliphatic heterocycles. The summed E-state index contributed by atoms with van der Waals surface area (Å²) >= 11 is 0. The maximum atomic E-state index is 13.3. The first-order valence-electron chi connectivity index (χ1n) is 7.68. The van der Waals surface area contributed by atoms with Crippen LogP contribution in [0, 0.1) is 11.6 Å². The van der Waals surface area contributed by atoms with E-state index in [4.69, 9.17) is 0 Å². The fourth-order valence-corrected chi connectivity index (χ4v) is 2.20. The van der Waals surface area contributed by atoms with E-state index in [1.807, 2.05) is 0 Å². The van der Waals surface area contributed by atoms with Gasteiger partial charge in [-0.2, -0.15) is 0 Å². The zero-order valence-electron chi connectivity index (χ0n) is 13.8. The van der Waals surface area contributed by atoms with E-state index in [2.05, 4.69) is 25.9 Å². The van der Waals surface area contributed by atoms with Crippen molar-refractivity contribution >= 4 is 34.6 Å². The molecule has 1 heterocycles. The van der Waals surface area contributed by atoms with Gasteiger partial charge in [0.1, 0.15) is 18.0 Å². The number of anilines is 5. The van der Waals surface area contributed by atoms with Crippen molar-refractivity contribution in [2.75, 3.05) is 16.0 Å². The van der Waals surface area contributed by atoms with Gasteiger partial charge in [-0.25, -0.2) is 18.7 Å². The number of benzene rings is 2. The van der Waals surface area contributed by atoms with Gasteiger partial charge in [0.05, 0.1) is 0 Å². The van der Waals surface area contributed by atoms with Gasteiger partial charge in [0.2, 0.25) is 5.91 Å². The number of nitrogens with one attached hydrogen (secondary N) is 3. The minimum absolute atomic E-state index is 0.144. The third kappa shape index (κ3) is 4.50. The number of hydrogen-bond acceptors (Lipinski definition) is 5. The van der Waals surface area contributed by atoms with Gasteiger partial charge in [0.15, 0.2) is 11.6 Å². The Hall–Kier alpha value is -3.55. The summed E-state index contributed by atoms with van der Waals surface area (Å²) < 4.78 is 26.3. The lowest BCUT2D eigenvalue weighted by molar-refractivity contribution is -0.114. The van der Waals surface area contributed by atoms with Gasteiger partial charge in [-0.15, -0.1) is 0 Å². The molecule has 8 heteroatoms. The number of carbonyl (C=O) groups excluding carboxylic acids is 1. The molecule has 0 radical (unpaired) electrons. The highest BCUT2D eigenvalue weighted by molar-refractivity contribution is 5.88. The average molecular weight is 355 g/mol. The molecular formula is C18H15F2N5O. The predicted molar refractivity (Wildman–Crippen MR) is 95.7 cm³/mol. The highest BCUT2D eigenvalue weighted by atomic mass is 19.2. The van der Waals surface area contributed by atoms with Gasteiger partial charge in [-0.1, -0.05) is 0 Å². The van der Waals surface area contributed by atoms with Crippen molar-refractivity contribution in [3.63, 3.8) is 0 Å². The Morgan fingerprint density at radius 1 is 0.808 bits per heavy atom. The van der Waals surface area contributed by atoms with E-state index in [-0.39, 0.29) is 5.91 Å². The van der Waals surface area contributed by atoms with Crippen LogP contribution in [0.25, 0.3) is 0 Å². The number of rotatable bonds is 5. The van der Waals surface area contributed by atoms with Crippen molar-refractivity contribution < 1.29 is 13.6 Å². The quantitative estimate of drug-likeness (QED) is 0.639. The molecule has 1 aromatic heterocycles. The molecule has 0 spiro atoms. The molecule has 3 N–H and O–H groups in total.